The molecule has 0 heterocycles. The Kier molecular flexibility index (Phi) is 7.24. The number of likely N-dealkylation sites (N-methyl/N-ethyl adjacent to an activating group) is 2. The lowest BCUT2D eigenvalue weighted by Crippen LogP contribution is -2.41. The number of methoxy groups -OCH3 is 1. The highest BCUT2D eigenvalue weighted by atomic mass is 35.5. The molecule has 0 atom stereocenters. The Morgan fingerprint density at radius 2 is 1.67 bits per heavy atom. The third-order valence-electron chi connectivity index (χ3n) is 4.12. The number of carbonyl (C=O) groups excluding carboxylic acids is 1. The van der Waals surface area contributed by atoms with Gasteiger partial charge in [-0.15, -0.1) is 0 Å². The molecule has 6 nitrogen and oxygen atoms in total. The number of hydrogen-bond donors (Lipinski definition) is 0. The number of amides is 1. The zero-order valence-corrected chi connectivity index (χ0v) is 17.1. The molecule has 0 saturated heterocycles. The van der Waals surface area contributed by atoms with Crippen LogP contribution in [0, 0.1) is 0 Å². The van der Waals surface area contributed by atoms with Crippen LogP contribution >= 0.6 is 11.6 Å². The predicted molar refractivity (Wildman–Crippen MR) is 105 cm³/mol. The largest absolute Gasteiger partial charge is 0.497 e. The number of sulfonamides is 1. The highest BCUT2D eigenvalue weighted by Crippen LogP contribution is 2.19. The summed E-state index contributed by atoms with van der Waals surface area (Å²) in [5.41, 5.74) is 0.926. The average Bonchev–Trinajstić information content (AvgIpc) is 2.66. The fourth-order valence-electron chi connectivity index (χ4n) is 2.49. The van der Waals surface area contributed by atoms with E-state index in [2.05, 4.69) is 0 Å². The van der Waals surface area contributed by atoms with E-state index in [1.54, 1.807) is 21.1 Å². The summed E-state index contributed by atoms with van der Waals surface area (Å²) in [6.45, 7) is 2.03. The Morgan fingerprint density at radius 1 is 1.07 bits per heavy atom. The van der Waals surface area contributed by atoms with Gasteiger partial charge in [-0.1, -0.05) is 30.7 Å². The first-order chi connectivity index (χ1) is 12.8. The second-order valence-electron chi connectivity index (χ2n) is 5.98. The molecular formula is C19H23ClN2O4S. The van der Waals surface area contributed by atoms with Gasteiger partial charge in [0.1, 0.15) is 5.75 Å². The van der Waals surface area contributed by atoms with Gasteiger partial charge in [0, 0.05) is 25.2 Å². The van der Waals surface area contributed by atoms with Crippen LogP contribution in [-0.2, 0) is 21.4 Å². The molecule has 0 bridgehead atoms. The zero-order chi connectivity index (χ0) is 20.0. The average molecular weight is 411 g/mol. The fourth-order valence-corrected chi connectivity index (χ4v) is 4.01. The zero-order valence-electron chi connectivity index (χ0n) is 15.6. The fraction of sp³-hybridized carbons (Fsp3) is 0.316. The molecule has 0 fully saturated rings. The van der Waals surface area contributed by atoms with Gasteiger partial charge in [0.25, 0.3) is 0 Å². The van der Waals surface area contributed by atoms with Crippen molar-refractivity contribution in [2.24, 2.45) is 0 Å². The van der Waals surface area contributed by atoms with E-state index >= 15 is 0 Å². The third kappa shape index (κ3) is 5.45. The molecule has 0 aliphatic heterocycles. The molecular weight excluding hydrogens is 388 g/mol. The minimum Gasteiger partial charge on any atom is -0.497 e. The lowest BCUT2D eigenvalue weighted by atomic mass is 10.2. The number of halogens is 1. The van der Waals surface area contributed by atoms with Gasteiger partial charge < -0.3 is 9.64 Å². The highest BCUT2D eigenvalue weighted by Gasteiger charge is 2.26. The van der Waals surface area contributed by atoms with Crippen molar-refractivity contribution in [1.82, 2.24) is 9.21 Å². The molecule has 0 spiro atoms. The molecule has 0 aliphatic carbocycles. The molecule has 8 heteroatoms. The van der Waals surface area contributed by atoms with Crippen molar-refractivity contribution in [3.8, 4) is 5.75 Å². The summed E-state index contributed by atoms with van der Waals surface area (Å²) < 4.78 is 31.8. The van der Waals surface area contributed by atoms with E-state index in [1.165, 1.54) is 29.2 Å². The van der Waals surface area contributed by atoms with Crippen LogP contribution in [0.1, 0.15) is 12.5 Å². The second kappa shape index (κ2) is 9.21. The number of ether oxygens (including phenoxy) is 1. The van der Waals surface area contributed by atoms with E-state index in [0.717, 1.165) is 15.6 Å². The van der Waals surface area contributed by atoms with Crippen molar-refractivity contribution < 1.29 is 17.9 Å². The molecule has 0 unspecified atom stereocenters. The Morgan fingerprint density at radius 3 is 2.19 bits per heavy atom. The van der Waals surface area contributed by atoms with Crippen LogP contribution in [0.4, 0.5) is 0 Å². The minimum atomic E-state index is -3.77. The maximum atomic E-state index is 12.8. The van der Waals surface area contributed by atoms with Crippen LogP contribution in [0.2, 0.25) is 5.02 Å². The van der Waals surface area contributed by atoms with Crippen LogP contribution < -0.4 is 4.74 Å². The quantitative estimate of drug-likeness (QED) is 0.670. The molecule has 0 radical (unpaired) electrons. The van der Waals surface area contributed by atoms with Crippen molar-refractivity contribution >= 4 is 27.5 Å². The van der Waals surface area contributed by atoms with Crippen molar-refractivity contribution in [1.29, 1.82) is 0 Å². The smallest absolute Gasteiger partial charge is 0.243 e. The predicted octanol–water partition coefficient (Wildman–Crippen LogP) is 3.02. The molecule has 0 N–H and O–H groups in total. The van der Waals surface area contributed by atoms with Crippen LogP contribution in [0.5, 0.6) is 5.75 Å². The topological polar surface area (TPSA) is 66.9 Å². The minimum absolute atomic E-state index is 0.111. The van der Waals surface area contributed by atoms with E-state index in [9.17, 15) is 13.2 Å². The van der Waals surface area contributed by atoms with Crippen LogP contribution in [0.3, 0.4) is 0 Å². The van der Waals surface area contributed by atoms with Gasteiger partial charge in [-0.3, -0.25) is 4.79 Å². The molecule has 0 aromatic heterocycles. The number of carbonyl (C=O) groups is 1. The van der Waals surface area contributed by atoms with E-state index in [-0.39, 0.29) is 23.9 Å². The van der Waals surface area contributed by atoms with Gasteiger partial charge in [0.15, 0.2) is 0 Å². The number of nitrogens with zero attached hydrogens (tertiary/aromatic N) is 2. The van der Waals surface area contributed by atoms with Gasteiger partial charge in [-0.05, 0) is 42.0 Å². The molecule has 0 saturated carbocycles. The first-order valence-corrected chi connectivity index (χ1v) is 10.2. The lowest BCUT2D eigenvalue weighted by Gasteiger charge is -2.24. The molecule has 2 rings (SSSR count). The van der Waals surface area contributed by atoms with Crippen molar-refractivity contribution in [3.63, 3.8) is 0 Å². The summed E-state index contributed by atoms with van der Waals surface area (Å²) in [6, 6.07) is 13.3. The maximum Gasteiger partial charge on any atom is 0.243 e. The summed E-state index contributed by atoms with van der Waals surface area (Å²) in [5.74, 6) is 0.448. The standard InChI is InChI=1S/C19H23ClN2O4S/c1-4-22(27(24,25)18-11-7-16(20)8-12-18)14-19(23)21(2)13-15-5-9-17(26-3)10-6-15/h5-12H,4,13-14H2,1-3H3. The second-order valence-corrected chi connectivity index (χ2v) is 8.36. The van der Waals surface area contributed by atoms with Crippen LogP contribution in [-0.4, -0.2) is 50.8 Å². The van der Waals surface area contributed by atoms with E-state index in [4.69, 9.17) is 16.3 Å². The molecule has 1 amide bonds. The Balaban J connectivity index is 2.07. The lowest BCUT2D eigenvalue weighted by molar-refractivity contribution is -0.130. The molecule has 27 heavy (non-hydrogen) atoms. The third-order valence-corrected chi connectivity index (χ3v) is 6.31. The van der Waals surface area contributed by atoms with Gasteiger partial charge in [0.05, 0.1) is 18.6 Å². The van der Waals surface area contributed by atoms with Gasteiger partial charge in [-0.25, -0.2) is 8.42 Å². The first-order valence-electron chi connectivity index (χ1n) is 8.40. The van der Waals surface area contributed by atoms with Gasteiger partial charge >= 0.3 is 0 Å². The van der Waals surface area contributed by atoms with Gasteiger partial charge in [0.2, 0.25) is 15.9 Å². The van der Waals surface area contributed by atoms with Crippen LogP contribution in [0.25, 0.3) is 0 Å². The van der Waals surface area contributed by atoms with E-state index < -0.39 is 10.0 Å². The molecule has 2 aromatic rings. The Labute approximate surface area is 165 Å². The summed E-state index contributed by atoms with van der Waals surface area (Å²) in [7, 11) is -0.531. The van der Waals surface area contributed by atoms with Crippen molar-refractivity contribution in [3.05, 3.63) is 59.1 Å². The maximum absolute atomic E-state index is 12.8. The van der Waals surface area contributed by atoms with Crippen molar-refractivity contribution in [2.75, 3.05) is 27.2 Å². The summed E-state index contributed by atoms with van der Waals surface area (Å²) in [5, 5.41) is 0.451. The molecule has 146 valence electrons. The van der Waals surface area contributed by atoms with Crippen molar-refractivity contribution in [2.45, 2.75) is 18.4 Å². The summed E-state index contributed by atoms with van der Waals surface area (Å²) in [4.78, 5) is 14.2. The Hall–Kier alpha value is -2.09. The molecule has 0 aliphatic rings. The SMILES string of the molecule is CCN(CC(=O)N(C)Cc1ccc(OC)cc1)S(=O)(=O)c1ccc(Cl)cc1. The highest BCUT2D eigenvalue weighted by molar-refractivity contribution is 7.89. The Bertz CT molecular complexity index is 868. The van der Waals surface area contributed by atoms with Crippen LogP contribution in [0.15, 0.2) is 53.4 Å². The normalized spacial score (nSPS) is 11.4. The number of benzene rings is 2. The first kappa shape index (κ1) is 21.2. The monoisotopic (exact) mass is 410 g/mol. The number of hydrogen-bond acceptors (Lipinski definition) is 4. The van der Waals surface area contributed by atoms with E-state index in [1.807, 2.05) is 24.3 Å². The molecule has 2 aromatic carbocycles. The number of rotatable bonds is 8. The summed E-state index contributed by atoms with van der Waals surface area (Å²) >= 11 is 5.82. The van der Waals surface area contributed by atoms with Gasteiger partial charge in [-0.2, -0.15) is 4.31 Å². The summed E-state index contributed by atoms with van der Waals surface area (Å²) in [6.07, 6.45) is 0. The van der Waals surface area contributed by atoms with E-state index in [0.29, 0.717) is 11.6 Å².